The van der Waals surface area contributed by atoms with Crippen molar-refractivity contribution in [1.29, 1.82) is 0 Å². The molecule has 0 atom stereocenters. The van der Waals surface area contributed by atoms with Gasteiger partial charge in [-0.2, -0.15) is 17.6 Å². The predicted molar refractivity (Wildman–Crippen MR) is 108 cm³/mol. The number of aliphatic hydroxyl groups excluding tert-OH is 1. The number of halogens is 5. The van der Waals surface area contributed by atoms with E-state index in [2.05, 4.69) is 10.3 Å². The van der Waals surface area contributed by atoms with Crippen LogP contribution in [0.3, 0.4) is 0 Å². The fourth-order valence-electron chi connectivity index (χ4n) is 3.53. The minimum atomic E-state index is -5.19. The molecule has 1 aliphatic heterocycles. The Morgan fingerprint density at radius 1 is 1.17 bits per heavy atom. The van der Waals surface area contributed by atoms with E-state index in [0.717, 1.165) is 6.07 Å². The summed E-state index contributed by atoms with van der Waals surface area (Å²) < 4.78 is 66.1. The molecule has 1 saturated heterocycles. The van der Waals surface area contributed by atoms with Gasteiger partial charge in [0.15, 0.2) is 11.2 Å². The van der Waals surface area contributed by atoms with E-state index < -0.39 is 35.2 Å². The Hall–Kier alpha value is -3.58. The smallest absolute Gasteiger partial charge is 0.430 e. The maximum Gasteiger partial charge on any atom is 0.430 e. The summed E-state index contributed by atoms with van der Waals surface area (Å²) in [5, 5.41) is 21.5. The number of aromatic nitrogens is 2. The number of fused-ring (bicyclic) bond motifs is 1. The van der Waals surface area contributed by atoms with Crippen LogP contribution in [-0.4, -0.2) is 53.5 Å². The topological polar surface area (TPSA) is 119 Å². The first kappa shape index (κ1) is 26.0. The van der Waals surface area contributed by atoms with Gasteiger partial charge in [-0.05, 0) is 37.1 Å². The Bertz CT molecular complexity index is 1220. The molecular weight excluding hydrogens is 481 g/mol. The zero-order valence-electron chi connectivity index (χ0n) is 18.0. The summed E-state index contributed by atoms with van der Waals surface area (Å²) in [5.74, 6) is -4.64. The van der Waals surface area contributed by atoms with Gasteiger partial charge in [-0.15, -0.1) is 0 Å². The summed E-state index contributed by atoms with van der Waals surface area (Å²) in [6.07, 6.45) is -2.52. The molecule has 3 heterocycles. The molecule has 0 unspecified atom stereocenters. The predicted octanol–water partition coefficient (Wildman–Crippen LogP) is 1.27. The van der Waals surface area contributed by atoms with E-state index >= 15 is 0 Å². The van der Waals surface area contributed by atoms with Crippen LogP contribution in [0.1, 0.15) is 23.5 Å². The Balaban J connectivity index is 0.000000429. The first-order valence-corrected chi connectivity index (χ1v) is 10.2. The standard InChI is InChI=1S/C20H19F2N3O3.C2HF3O2/c21-13-4-5-14(15(22)11-13)17-16-3-1-2-8-25(16)18(23-17)19(27)24-20(12-26)6-9-28-10-7-20;3-2(4,5)1(6)7/h1-5,8,11,26H,6-7,9-10,12H2,(H,24,27);(H,6,7). The lowest BCUT2D eigenvalue weighted by Crippen LogP contribution is -2.55. The number of benzene rings is 1. The van der Waals surface area contributed by atoms with Crippen LogP contribution in [0, 0.1) is 11.6 Å². The number of hydrogen-bond donors (Lipinski definition) is 3. The lowest BCUT2D eigenvalue weighted by molar-refractivity contribution is -0.514. The average Bonchev–Trinajstić information content (AvgIpc) is 3.19. The van der Waals surface area contributed by atoms with Crippen LogP contribution in [-0.2, 0) is 9.53 Å². The second-order valence-corrected chi connectivity index (χ2v) is 7.72. The van der Waals surface area contributed by atoms with Crippen molar-refractivity contribution in [3.05, 3.63) is 60.1 Å². The zero-order chi connectivity index (χ0) is 25.8. The molecule has 13 heteroatoms. The number of nitrogens with zero attached hydrogens (tertiary/aromatic N) is 1. The molecule has 1 amide bonds. The summed E-state index contributed by atoms with van der Waals surface area (Å²) in [5.41, 5.74) is 0.340. The lowest BCUT2D eigenvalue weighted by Gasteiger charge is -2.35. The van der Waals surface area contributed by atoms with Crippen LogP contribution in [0.2, 0.25) is 0 Å². The van der Waals surface area contributed by atoms with E-state index in [1.807, 2.05) is 0 Å². The summed E-state index contributed by atoms with van der Waals surface area (Å²) in [4.78, 5) is 24.8. The molecule has 1 fully saturated rings. The number of carboxylic acids is 1. The highest BCUT2D eigenvalue weighted by Crippen LogP contribution is 2.26. The Kier molecular flexibility index (Phi) is 7.70. The molecule has 0 saturated carbocycles. The first-order valence-electron chi connectivity index (χ1n) is 10.2. The van der Waals surface area contributed by atoms with E-state index in [4.69, 9.17) is 14.6 Å². The van der Waals surface area contributed by atoms with Gasteiger partial charge in [0.05, 0.1) is 23.9 Å². The maximum atomic E-state index is 14.3. The van der Waals surface area contributed by atoms with Gasteiger partial charge in [0, 0.05) is 19.3 Å². The Morgan fingerprint density at radius 3 is 2.40 bits per heavy atom. The molecule has 35 heavy (non-hydrogen) atoms. The van der Waals surface area contributed by atoms with Gasteiger partial charge in [-0.1, -0.05) is 6.07 Å². The van der Waals surface area contributed by atoms with Crippen LogP contribution < -0.4 is 14.8 Å². The van der Waals surface area contributed by atoms with E-state index in [0.29, 0.717) is 37.3 Å². The highest BCUT2D eigenvalue weighted by Gasteiger charge is 2.37. The fraction of sp³-hybridized carbons (Fsp3) is 0.318. The van der Waals surface area contributed by atoms with Gasteiger partial charge in [0.25, 0.3) is 0 Å². The number of H-pyrrole nitrogens is 1. The molecule has 8 nitrogen and oxygen atoms in total. The summed E-state index contributed by atoms with van der Waals surface area (Å²) in [6.45, 7) is 0.696. The van der Waals surface area contributed by atoms with Crippen molar-refractivity contribution in [2.75, 3.05) is 19.8 Å². The Morgan fingerprint density at radius 2 is 1.83 bits per heavy atom. The summed E-state index contributed by atoms with van der Waals surface area (Å²) in [7, 11) is 0. The average molecular weight is 501 g/mol. The van der Waals surface area contributed by atoms with Crippen LogP contribution in [0.5, 0.6) is 0 Å². The third-order valence-electron chi connectivity index (χ3n) is 5.38. The molecule has 3 N–H and O–H groups in total. The van der Waals surface area contributed by atoms with Crippen molar-refractivity contribution in [3.8, 4) is 11.3 Å². The van der Waals surface area contributed by atoms with Crippen molar-refractivity contribution < 1.29 is 50.9 Å². The van der Waals surface area contributed by atoms with Crippen molar-refractivity contribution in [3.63, 3.8) is 0 Å². The number of pyridine rings is 1. The molecule has 188 valence electrons. The van der Waals surface area contributed by atoms with Crippen molar-refractivity contribution in [1.82, 2.24) is 10.3 Å². The lowest BCUT2D eigenvalue weighted by atomic mass is 9.91. The van der Waals surface area contributed by atoms with Gasteiger partial charge in [0.1, 0.15) is 17.6 Å². The third kappa shape index (κ3) is 5.92. The van der Waals surface area contributed by atoms with Crippen LogP contribution in [0.4, 0.5) is 22.0 Å². The number of nitrogens with one attached hydrogen (secondary N) is 2. The van der Waals surface area contributed by atoms with Gasteiger partial charge in [-0.25, -0.2) is 13.8 Å². The number of aromatic amines is 1. The summed E-state index contributed by atoms with van der Waals surface area (Å²) >= 11 is 0. The summed E-state index contributed by atoms with van der Waals surface area (Å²) in [6, 6.07) is 8.56. The van der Waals surface area contributed by atoms with Crippen LogP contribution in [0.25, 0.3) is 16.8 Å². The first-order chi connectivity index (χ1) is 16.5. The molecule has 0 bridgehead atoms. The second kappa shape index (κ2) is 10.4. The van der Waals surface area contributed by atoms with Gasteiger partial charge in [0.2, 0.25) is 0 Å². The zero-order valence-corrected chi connectivity index (χ0v) is 18.0. The number of imidazole rings is 1. The highest BCUT2D eigenvalue weighted by atomic mass is 19.4. The van der Waals surface area contributed by atoms with Crippen molar-refractivity contribution in [2.45, 2.75) is 24.6 Å². The number of aliphatic carboxylic acids is 1. The van der Waals surface area contributed by atoms with E-state index in [1.165, 1.54) is 12.1 Å². The van der Waals surface area contributed by atoms with Gasteiger partial charge >= 0.3 is 17.9 Å². The van der Waals surface area contributed by atoms with E-state index in [1.54, 1.807) is 28.8 Å². The number of aliphatic hydroxyl groups is 1. The fourth-order valence-corrected chi connectivity index (χ4v) is 3.53. The monoisotopic (exact) mass is 501 g/mol. The van der Waals surface area contributed by atoms with Crippen LogP contribution in [0.15, 0.2) is 42.6 Å². The largest absolute Gasteiger partial charge is 0.542 e. The maximum absolute atomic E-state index is 14.3. The number of hydrogen-bond acceptors (Lipinski definition) is 5. The molecule has 4 rings (SSSR count). The molecule has 0 spiro atoms. The van der Waals surface area contributed by atoms with E-state index in [-0.39, 0.29) is 18.0 Å². The van der Waals surface area contributed by atoms with Crippen molar-refractivity contribution in [2.24, 2.45) is 0 Å². The number of ether oxygens (including phenoxy) is 1. The molecule has 0 aliphatic carbocycles. The van der Waals surface area contributed by atoms with E-state index in [9.17, 15) is 31.9 Å². The third-order valence-corrected chi connectivity index (χ3v) is 5.38. The van der Waals surface area contributed by atoms with Crippen molar-refractivity contribution >= 4 is 17.4 Å². The molecule has 1 aliphatic rings. The van der Waals surface area contributed by atoms with Gasteiger partial charge < -0.3 is 25.1 Å². The number of alkyl halides is 3. The molecule has 2 aromatic heterocycles. The molecule has 0 radical (unpaired) electrons. The number of rotatable bonds is 4. The number of carbonyl (C=O) groups excluding carboxylic acids is 2. The van der Waals surface area contributed by atoms with Gasteiger partial charge in [-0.3, -0.25) is 4.79 Å². The number of carbonyl (C=O) groups is 2. The SMILES string of the molecule is O=C(NC1(CO)CCOCC1)c1[nH]c(-c2ccc(F)cc2F)c2cccc[n+]12.O=C([O-])C(F)(F)F. The Labute approximate surface area is 195 Å². The number of amides is 1. The molecular formula is C22H20F5N3O5. The molecule has 3 aromatic rings. The molecule has 1 aromatic carbocycles. The second-order valence-electron chi connectivity index (χ2n) is 7.72. The number of carboxylic acid groups (broad SMARTS) is 1. The minimum Gasteiger partial charge on any atom is -0.542 e. The minimum absolute atomic E-state index is 0.159. The normalized spacial score (nSPS) is 15.3. The van der Waals surface area contributed by atoms with Crippen LogP contribution >= 0.6 is 0 Å². The highest BCUT2D eigenvalue weighted by molar-refractivity contribution is 5.92. The quantitative estimate of drug-likeness (QED) is 0.368.